The Morgan fingerprint density at radius 1 is 0.875 bits per heavy atom. The van der Waals surface area contributed by atoms with Gasteiger partial charge in [0.2, 0.25) is 0 Å². The predicted molar refractivity (Wildman–Crippen MR) is 62.8 cm³/mol. The van der Waals surface area contributed by atoms with Crippen LogP contribution in [0.3, 0.4) is 0 Å². The summed E-state index contributed by atoms with van der Waals surface area (Å²) in [5.41, 5.74) is 0.632. The predicted octanol–water partition coefficient (Wildman–Crippen LogP) is 2.03. The normalized spacial score (nSPS) is 8.12. The van der Waals surface area contributed by atoms with Crippen LogP contribution in [0.1, 0.15) is 13.8 Å². The molecular formula is C12H18O4. The van der Waals surface area contributed by atoms with Crippen molar-refractivity contribution in [3.8, 4) is 0 Å². The van der Waals surface area contributed by atoms with Gasteiger partial charge in [0, 0.05) is 11.1 Å². The van der Waals surface area contributed by atoms with Crippen molar-refractivity contribution in [2.45, 2.75) is 13.8 Å². The summed E-state index contributed by atoms with van der Waals surface area (Å²) in [7, 11) is 0. The molecule has 4 nitrogen and oxygen atoms in total. The molecule has 0 spiro atoms. The average molecular weight is 226 g/mol. The van der Waals surface area contributed by atoms with Crippen molar-refractivity contribution in [3.63, 3.8) is 0 Å². The van der Waals surface area contributed by atoms with E-state index in [1.807, 2.05) is 0 Å². The maximum absolute atomic E-state index is 10.8. The van der Waals surface area contributed by atoms with Crippen molar-refractivity contribution in [2.75, 3.05) is 13.2 Å². The van der Waals surface area contributed by atoms with E-state index in [0.29, 0.717) is 11.1 Å². The highest BCUT2D eigenvalue weighted by atomic mass is 16.6. The molecule has 16 heavy (non-hydrogen) atoms. The van der Waals surface area contributed by atoms with Crippen molar-refractivity contribution in [1.82, 2.24) is 0 Å². The number of esters is 2. The second-order valence-electron chi connectivity index (χ2n) is 2.83. The van der Waals surface area contributed by atoms with Gasteiger partial charge in [-0.15, -0.1) is 13.2 Å². The minimum Gasteiger partial charge on any atom is -0.459 e. The maximum atomic E-state index is 10.8. The first-order chi connectivity index (χ1) is 7.45. The third kappa shape index (κ3) is 8.74. The van der Waals surface area contributed by atoms with Crippen LogP contribution in [-0.4, -0.2) is 25.2 Å². The van der Waals surface area contributed by atoms with E-state index >= 15 is 0 Å². The van der Waals surface area contributed by atoms with E-state index in [-0.39, 0.29) is 13.2 Å². The van der Waals surface area contributed by atoms with E-state index in [9.17, 15) is 9.59 Å². The Kier molecular flexibility index (Phi) is 10.1. The van der Waals surface area contributed by atoms with Crippen LogP contribution < -0.4 is 0 Å². The van der Waals surface area contributed by atoms with Crippen molar-refractivity contribution >= 4 is 11.9 Å². The molecular weight excluding hydrogens is 208 g/mol. The second-order valence-corrected chi connectivity index (χ2v) is 2.83. The fourth-order valence-corrected chi connectivity index (χ4v) is 0.515. The highest BCUT2D eigenvalue weighted by molar-refractivity contribution is 5.87. The standard InChI is InChI=1S/C10H14O4.C2H4/c1-7(2)9(11)13-5-6-14-10(12)8(3)4;1-2/h1,3,5-6H2,2,4H3;1-2H2. The molecule has 0 bridgehead atoms. The monoisotopic (exact) mass is 226 g/mol. The number of carbonyl (C=O) groups is 2. The van der Waals surface area contributed by atoms with Crippen LogP contribution in [0.15, 0.2) is 37.5 Å². The molecule has 0 heterocycles. The van der Waals surface area contributed by atoms with Gasteiger partial charge in [0.25, 0.3) is 0 Å². The Labute approximate surface area is 96.2 Å². The fraction of sp³-hybridized carbons (Fsp3) is 0.333. The van der Waals surface area contributed by atoms with Crippen molar-refractivity contribution in [1.29, 1.82) is 0 Å². The molecule has 0 aliphatic rings. The first-order valence-electron chi connectivity index (χ1n) is 4.60. The third-order valence-electron chi connectivity index (χ3n) is 1.25. The smallest absolute Gasteiger partial charge is 0.333 e. The molecule has 90 valence electrons. The zero-order chi connectivity index (χ0) is 13.1. The van der Waals surface area contributed by atoms with Gasteiger partial charge in [-0.25, -0.2) is 9.59 Å². The molecule has 0 aromatic rings. The number of rotatable bonds is 5. The summed E-state index contributed by atoms with van der Waals surface area (Å²) in [6.07, 6.45) is 0. The van der Waals surface area contributed by atoms with Crippen LogP contribution >= 0.6 is 0 Å². The van der Waals surface area contributed by atoms with Gasteiger partial charge in [-0.05, 0) is 13.8 Å². The molecule has 0 N–H and O–H groups in total. The molecule has 4 heteroatoms. The number of carbonyl (C=O) groups excluding carboxylic acids is 2. The van der Waals surface area contributed by atoms with E-state index in [1.165, 1.54) is 0 Å². The molecule has 0 atom stereocenters. The van der Waals surface area contributed by atoms with Gasteiger partial charge in [0.1, 0.15) is 13.2 Å². The molecule has 0 saturated carbocycles. The minimum absolute atomic E-state index is 0.0325. The van der Waals surface area contributed by atoms with Crippen LogP contribution in [0.5, 0.6) is 0 Å². The van der Waals surface area contributed by atoms with Gasteiger partial charge < -0.3 is 9.47 Å². The van der Waals surface area contributed by atoms with Gasteiger partial charge in [-0.2, -0.15) is 0 Å². The quantitative estimate of drug-likeness (QED) is 0.311. The Morgan fingerprint density at radius 3 is 1.31 bits per heavy atom. The topological polar surface area (TPSA) is 52.6 Å². The lowest BCUT2D eigenvalue weighted by molar-refractivity contribution is -0.147. The number of ether oxygens (including phenoxy) is 2. The lowest BCUT2D eigenvalue weighted by atomic mass is 10.4. The van der Waals surface area contributed by atoms with Crippen LogP contribution in [0.25, 0.3) is 0 Å². The summed E-state index contributed by atoms with van der Waals surface area (Å²) >= 11 is 0. The van der Waals surface area contributed by atoms with Crippen molar-refractivity contribution in [2.24, 2.45) is 0 Å². The van der Waals surface area contributed by atoms with Crippen molar-refractivity contribution in [3.05, 3.63) is 37.5 Å². The molecule has 0 aromatic carbocycles. The molecule has 0 aliphatic carbocycles. The summed E-state index contributed by atoms with van der Waals surface area (Å²) in [5.74, 6) is -0.979. The first kappa shape index (κ1) is 16.6. The summed E-state index contributed by atoms with van der Waals surface area (Å²) in [6, 6.07) is 0. The van der Waals surface area contributed by atoms with Gasteiger partial charge in [0.15, 0.2) is 0 Å². The molecule has 0 amide bonds. The van der Waals surface area contributed by atoms with Crippen LogP contribution in [0, 0.1) is 0 Å². The largest absolute Gasteiger partial charge is 0.459 e. The molecule has 0 unspecified atom stereocenters. The molecule has 0 fully saturated rings. The first-order valence-corrected chi connectivity index (χ1v) is 4.60. The van der Waals surface area contributed by atoms with Crippen LogP contribution in [-0.2, 0) is 19.1 Å². The number of hydrogen-bond acceptors (Lipinski definition) is 4. The summed E-state index contributed by atoms with van der Waals surface area (Å²) in [6.45, 7) is 16.0. The van der Waals surface area contributed by atoms with E-state index < -0.39 is 11.9 Å². The van der Waals surface area contributed by atoms with Crippen LogP contribution in [0.2, 0.25) is 0 Å². The zero-order valence-electron chi connectivity index (χ0n) is 9.88. The zero-order valence-corrected chi connectivity index (χ0v) is 9.88. The van der Waals surface area contributed by atoms with Gasteiger partial charge in [-0.1, -0.05) is 13.2 Å². The lowest BCUT2D eigenvalue weighted by Gasteiger charge is -2.05. The Morgan fingerprint density at radius 2 is 1.12 bits per heavy atom. The second kappa shape index (κ2) is 9.71. The summed E-state index contributed by atoms with van der Waals surface area (Å²) in [5, 5.41) is 0. The third-order valence-corrected chi connectivity index (χ3v) is 1.25. The van der Waals surface area contributed by atoms with E-state index in [0.717, 1.165) is 0 Å². The summed E-state index contributed by atoms with van der Waals surface area (Å²) in [4.78, 5) is 21.7. The Hall–Kier alpha value is -1.84. The maximum Gasteiger partial charge on any atom is 0.333 e. The highest BCUT2D eigenvalue weighted by Crippen LogP contribution is 1.94. The SMILES string of the molecule is C=C.C=C(C)C(=O)OCCOC(=O)C(=C)C. The molecule has 0 aliphatic heterocycles. The van der Waals surface area contributed by atoms with E-state index in [4.69, 9.17) is 0 Å². The van der Waals surface area contributed by atoms with Crippen molar-refractivity contribution < 1.29 is 19.1 Å². The highest BCUT2D eigenvalue weighted by Gasteiger charge is 2.05. The molecule has 0 rings (SSSR count). The van der Waals surface area contributed by atoms with E-state index in [2.05, 4.69) is 35.8 Å². The fourth-order valence-electron chi connectivity index (χ4n) is 0.515. The Bertz CT molecular complexity index is 251. The van der Waals surface area contributed by atoms with E-state index in [1.54, 1.807) is 13.8 Å². The lowest BCUT2D eigenvalue weighted by Crippen LogP contribution is -2.14. The van der Waals surface area contributed by atoms with Gasteiger partial charge in [0.05, 0.1) is 0 Å². The molecule has 0 aromatic heterocycles. The molecule has 0 radical (unpaired) electrons. The van der Waals surface area contributed by atoms with Crippen LogP contribution in [0.4, 0.5) is 0 Å². The summed E-state index contributed by atoms with van der Waals surface area (Å²) < 4.78 is 9.38. The van der Waals surface area contributed by atoms with Gasteiger partial charge >= 0.3 is 11.9 Å². The van der Waals surface area contributed by atoms with Gasteiger partial charge in [-0.3, -0.25) is 0 Å². The number of hydrogen-bond donors (Lipinski definition) is 0. The molecule has 0 saturated heterocycles. The Balaban J connectivity index is 0. The average Bonchev–Trinajstić information content (AvgIpc) is 2.26. The minimum atomic E-state index is -0.489.